The number of benzene rings is 1. The fourth-order valence-corrected chi connectivity index (χ4v) is 9.34. The van der Waals surface area contributed by atoms with Gasteiger partial charge in [-0.1, -0.05) is 32.0 Å². The molecule has 7 heteroatoms. The number of hydrogen-bond donors (Lipinski definition) is 3. The van der Waals surface area contributed by atoms with Crippen LogP contribution in [0.15, 0.2) is 46.0 Å². The molecule has 0 unspecified atom stereocenters. The van der Waals surface area contributed by atoms with Crippen molar-refractivity contribution in [3.8, 4) is 17.1 Å². The Morgan fingerprint density at radius 3 is 2.62 bits per heavy atom. The van der Waals surface area contributed by atoms with E-state index in [0.29, 0.717) is 35.6 Å². The van der Waals surface area contributed by atoms with E-state index >= 15 is 0 Å². The highest BCUT2D eigenvalue weighted by atomic mass is 16.3. The molecule has 0 aromatic heterocycles. The summed E-state index contributed by atoms with van der Waals surface area (Å²) in [7, 11) is 0. The van der Waals surface area contributed by atoms with Crippen LogP contribution in [0.5, 0.6) is 0 Å². The summed E-state index contributed by atoms with van der Waals surface area (Å²) >= 11 is 0. The van der Waals surface area contributed by atoms with E-state index < -0.39 is 23.5 Å². The highest BCUT2D eigenvalue weighted by molar-refractivity contribution is 5.62. The molecule has 7 rings (SSSR count). The SMILES string of the molecule is C[C@]12CC[C@H]3[C@@H](CC[C@H]4Cc5c(cc6c(=O)[nH]c(=O)nc-6n5-c5ccccc5)C[C@@]43C)[C@@H]1[C@H](O)C[C@@H]2O. The van der Waals surface area contributed by atoms with Gasteiger partial charge < -0.3 is 10.2 Å². The van der Waals surface area contributed by atoms with Crippen LogP contribution in [0.4, 0.5) is 0 Å². The van der Waals surface area contributed by atoms with Crippen molar-refractivity contribution in [2.75, 3.05) is 0 Å². The van der Waals surface area contributed by atoms with Crippen molar-refractivity contribution in [1.82, 2.24) is 14.5 Å². The van der Waals surface area contributed by atoms with Gasteiger partial charge in [-0.3, -0.25) is 14.3 Å². The summed E-state index contributed by atoms with van der Waals surface area (Å²) in [6.07, 6.45) is 5.54. The first-order chi connectivity index (χ1) is 17.7. The van der Waals surface area contributed by atoms with Gasteiger partial charge in [-0.05, 0) is 96.8 Å². The highest BCUT2D eigenvalue weighted by Gasteiger charge is 2.62. The minimum atomic E-state index is -0.620. The summed E-state index contributed by atoms with van der Waals surface area (Å²) in [6, 6.07) is 11.9. The van der Waals surface area contributed by atoms with E-state index in [9.17, 15) is 19.8 Å². The molecule has 2 heterocycles. The predicted molar refractivity (Wildman–Crippen MR) is 140 cm³/mol. The zero-order valence-corrected chi connectivity index (χ0v) is 21.5. The summed E-state index contributed by atoms with van der Waals surface area (Å²) in [6.45, 7) is 4.62. The number of nitrogens with zero attached hydrogens (tertiary/aromatic N) is 2. The van der Waals surface area contributed by atoms with Gasteiger partial charge in [-0.25, -0.2) is 4.79 Å². The quantitative estimate of drug-likeness (QED) is 0.474. The maximum Gasteiger partial charge on any atom is 0.349 e. The fourth-order valence-electron chi connectivity index (χ4n) is 9.34. The molecule has 6 aliphatic rings. The van der Waals surface area contributed by atoms with Crippen molar-refractivity contribution in [1.29, 1.82) is 0 Å². The second-order valence-electron chi connectivity index (χ2n) is 12.7. The van der Waals surface area contributed by atoms with Crippen LogP contribution < -0.4 is 11.2 Å². The second-order valence-corrected chi connectivity index (χ2v) is 12.7. The zero-order chi connectivity index (χ0) is 25.7. The van der Waals surface area contributed by atoms with Crippen molar-refractivity contribution in [2.45, 2.75) is 71.0 Å². The lowest BCUT2D eigenvalue weighted by Gasteiger charge is -2.60. The third kappa shape index (κ3) is 3.16. The minimum absolute atomic E-state index is 0.0470. The number of para-hydroxylation sites is 1. The Hall–Kier alpha value is -2.77. The Balaban J connectivity index is 1.37. The Labute approximate surface area is 215 Å². The molecule has 2 aliphatic heterocycles. The van der Waals surface area contributed by atoms with Crippen molar-refractivity contribution < 1.29 is 10.2 Å². The molecule has 3 saturated carbocycles. The lowest BCUT2D eigenvalue weighted by Crippen LogP contribution is -2.56. The van der Waals surface area contributed by atoms with E-state index in [2.05, 4.69) is 23.8 Å². The number of nitrogens with one attached hydrogen (secondary N) is 1. The second kappa shape index (κ2) is 7.87. The van der Waals surface area contributed by atoms with E-state index in [0.717, 1.165) is 55.5 Å². The number of aliphatic hydroxyl groups excluding tert-OH is 2. The van der Waals surface area contributed by atoms with Crippen LogP contribution in [-0.2, 0) is 12.8 Å². The maximum absolute atomic E-state index is 12.9. The van der Waals surface area contributed by atoms with Gasteiger partial charge in [-0.15, -0.1) is 0 Å². The van der Waals surface area contributed by atoms with Crippen molar-refractivity contribution in [2.24, 2.45) is 34.5 Å². The van der Waals surface area contributed by atoms with Gasteiger partial charge in [0.05, 0.1) is 17.8 Å². The van der Waals surface area contributed by atoms with Crippen molar-refractivity contribution >= 4 is 0 Å². The maximum atomic E-state index is 12.9. The van der Waals surface area contributed by atoms with E-state index in [1.54, 1.807) is 0 Å². The number of rotatable bonds is 1. The smallest absolute Gasteiger partial charge is 0.349 e. The number of fused-ring (bicyclic) bond motifs is 7. The van der Waals surface area contributed by atoms with Crippen LogP contribution in [0.1, 0.15) is 57.2 Å². The molecule has 194 valence electrons. The van der Waals surface area contributed by atoms with Gasteiger partial charge in [0.1, 0.15) is 0 Å². The van der Waals surface area contributed by atoms with Crippen LogP contribution >= 0.6 is 0 Å². The fraction of sp³-hybridized carbons (Fsp3) is 0.567. The molecule has 0 saturated heterocycles. The third-order valence-electron chi connectivity index (χ3n) is 11.1. The van der Waals surface area contributed by atoms with Gasteiger partial charge >= 0.3 is 5.69 Å². The normalized spacial score (nSPS) is 38.5. The molecule has 7 nitrogen and oxygen atoms in total. The summed E-state index contributed by atoms with van der Waals surface area (Å²) in [4.78, 5) is 31.8. The number of aliphatic hydroxyl groups is 2. The zero-order valence-electron chi connectivity index (χ0n) is 21.5. The minimum Gasteiger partial charge on any atom is -0.393 e. The Kier molecular flexibility index (Phi) is 4.97. The molecule has 8 atom stereocenters. The summed E-state index contributed by atoms with van der Waals surface area (Å²) in [5, 5.41) is 21.9. The molecule has 0 bridgehead atoms. The Morgan fingerprint density at radius 1 is 1.05 bits per heavy atom. The molecule has 1 aromatic carbocycles. The summed E-state index contributed by atoms with van der Waals surface area (Å²) < 4.78 is 2.04. The van der Waals surface area contributed by atoms with Gasteiger partial charge in [0.15, 0.2) is 5.82 Å². The molecular formula is C30H35N3O4. The van der Waals surface area contributed by atoms with E-state index in [1.807, 2.05) is 41.0 Å². The molecule has 3 fully saturated rings. The molecule has 1 aromatic rings. The number of pyridine rings is 1. The van der Waals surface area contributed by atoms with Crippen LogP contribution in [0.2, 0.25) is 0 Å². The topological polar surface area (TPSA) is 108 Å². The largest absolute Gasteiger partial charge is 0.393 e. The van der Waals surface area contributed by atoms with E-state index in [1.165, 1.54) is 0 Å². The lowest BCUT2D eigenvalue weighted by molar-refractivity contribution is -0.127. The molecule has 4 aliphatic carbocycles. The lowest BCUT2D eigenvalue weighted by atomic mass is 9.45. The van der Waals surface area contributed by atoms with Gasteiger partial charge in [0.2, 0.25) is 0 Å². The first-order valence-electron chi connectivity index (χ1n) is 13.8. The number of hydrogen-bond acceptors (Lipinski definition) is 5. The summed E-state index contributed by atoms with van der Waals surface area (Å²) in [5.74, 6) is 1.92. The third-order valence-corrected chi connectivity index (χ3v) is 11.1. The summed E-state index contributed by atoms with van der Waals surface area (Å²) in [5.41, 5.74) is 2.50. The first-order valence-corrected chi connectivity index (χ1v) is 13.8. The van der Waals surface area contributed by atoms with Crippen LogP contribution in [0.3, 0.4) is 0 Å². The van der Waals surface area contributed by atoms with Crippen LogP contribution in [0.25, 0.3) is 17.1 Å². The Morgan fingerprint density at radius 2 is 1.84 bits per heavy atom. The number of H-pyrrole nitrogens is 1. The van der Waals surface area contributed by atoms with Crippen molar-refractivity contribution in [3.63, 3.8) is 0 Å². The van der Waals surface area contributed by atoms with E-state index in [-0.39, 0.29) is 16.7 Å². The molecule has 0 spiro atoms. The van der Waals surface area contributed by atoms with Crippen LogP contribution in [0, 0.1) is 34.5 Å². The van der Waals surface area contributed by atoms with Gasteiger partial charge in [-0.2, -0.15) is 4.98 Å². The molecular weight excluding hydrogens is 466 g/mol. The molecule has 0 radical (unpaired) electrons. The van der Waals surface area contributed by atoms with Crippen molar-refractivity contribution in [3.05, 3.63) is 68.5 Å². The number of aromatic amines is 1. The average Bonchev–Trinajstić information content (AvgIpc) is 3.10. The standard InChI is InChI=1S/C30H35N3O4/c1-29-11-10-21-19(25(29)23(34)14-24(29)35)9-8-17-13-22-16(15-30(17,21)2)12-20-26(31-28(37)32-27(20)36)33(22)18-6-4-3-5-7-18/h3-7,12,17,19,21,23-25,34-35H,8-11,13-15H2,1-2H3,(H,32,36,37)/t17-,19+,21-,23+,24-,25+,29+,30-/m0/s1. The van der Waals surface area contributed by atoms with Gasteiger partial charge in [0, 0.05) is 17.8 Å². The van der Waals surface area contributed by atoms with E-state index in [4.69, 9.17) is 0 Å². The molecule has 37 heavy (non-hydrogen) atoms. The Bertz CT molecular complexity index is 1460. The molecule has 3 N–H and O–H groups in total. The molecule has 0 amide bonds. The van der Waals surface area contributed by atoms with Crippen LogP contribution in [-0.4, -0.2) is 37.0 Å². The monoisotopic (exact) mass is 501 g/mol. The predicted octanol–water partition coefficient (Wildman–Crippen LogP) is 3.31. The van der Waals surface area contributed by atoms with Gasteiger partial charge in [0.25, 0.3) is 5.56 Å². The average molecular weight is 502 g/mol. The highest BCUT2D eigenvalue weighted by Crippen LogP contribution is 2.65. The number of aromatic nitrogens is 3. The first kappa shape index (κ1) is 23.4.